The molecule has 2 N–H and O–H groups in total. The van der Waals surface area contributed by atoms with E-state index in [-0.39, 0.29) is 12.4 Å². The average Bonchev–Trinajstić information content (AvgIpc) is 2.83. The molecule has 126 valence electrons. The van der Waals surface area contributed by atoms with E-state index in [1.54, 1.807) is 18.8 Å². The molecule has 0 atom stereocenters. The highest BCUT2D eigenvalue weighted by Gasteiger charge is 2.04. The third-order valence-corrected chi connectivity index (χ3v) is 3.48. The van der Waals surface area contributed by atoms with Crippen molar-refractivity contribution >= 4 is 11.8 Å². The quantitative estimate of drug-likeness (QED) is 0.301. The molecule has 0 bridgehead atoms. The van der Waals surface area contributed by atoms with Crippen molar-refractivity contribution in [2.75, 3.05) is 33.4 Å². The standard InChI is InChI=1S/C13H22N4O3S.ClH/c1-14-13(9-17(18)19)15-6-7-21-10-12-5-4-11(20-12)8-16(2)3;/h4-5,9,14-15H,6-8,10H2,1-3H3;1H/p-1/b13-9-;. The van der Waals surface area contributed by atoms with Crippen molar-refractivity contribution in [1.82, 2.24) is 15.5 Å². The Hall–Kier alpha value is -1.38. The maximum Gasteiger partial charge on any atom is 0.274 e. The van der Waals surface area contributed by atoms with Gasteiger partial charge in [-0.15, -0.1) is 0 Å². The highest BCUT2D eigenvalue weighted by molar-refractivity contribution is 7.98. The summed E-state index contributed by atoms with van der Waals surface area (Å²) < 4.78 is 5.70. The molecule has 0 radical (unpaired) electrons. The number of furan rings is 1. The minimum atomic E-state index is -0.485. The van der Waals surface area contributed by atoms with E-state index in [0.717, 1.165) is 35.8 Å². The first-order chi connectivity index (χ1) is 10.0. The van der Waals surface area contributed by atoms with Crippen LogP contribution in [0.15, 0.2) is 28.6 Å². The number of nitro groups is 1. The summed E-state index contributed by atoms with van der Waals surface area (Å²) in [5, 5.41) is 16.1. The normalized spacial score (nSPS) is 11.2. The maximum atomic E-state index is 10.3. The van der Waals surface area contributed by atoms with Gasteiger partial charge in [0.05, 0.1) is 17.2 Å². The van der Waals surface area contributed by atoms with Crippen LogP contribution in [0.5, 0.6) is 0 Å². The summed E-state index contributed by atoms with van der Waals surface area (Å²) in [7, 11) is 5.64. The molecule has 0 aliphatic rings. The minimum absolute atomic E-state index is 0. The van der Waals surface area contributed by atoms with Gasteiger partial charge in [-0.25, -0.2) is 0 Å². The smallest absolute Gasteiger partial charge is 0.274 e. The highest BCUT2D eigenvalue weighted by Crippen LogP contribution is 2.15. The molecule has 22 heavy (non-hydrogen) atoms. The van der Waals surface area contributed by atoms with Crippen LogP contribution in [-0.4, -0.2) is 43.3 Å². The lowest BCUT2D eigenvalue weighted by atomic mass is 10.4. The van der Waals surface area contributed by atoms with E-state index >= 15 is 0 Å². The summed E-state index contributed by atoms with van der Waals surface area (Å²) in [6, 6.07) is 3.98. The van der Waals surface area contributed by atoms with Crippen molar-refractivity contribution in [3.8, 4) is 0 Å². The van der Waals surface area contributed by atoms with Crippen molar-refractivity contribution < 1.29 is 21.7 Å². The minimum Gasteiger partial charge on any atom is -1.00 e. The Balaban J connectivity index is 0.00000441. The zero-order valence-corrected chi connectivity index (χ0v) is 14.5. The summed E-state index contributed by atoms with van der Waals surface area (Å²) in [4.78, 5) is 11.9. The van der Waals surface area contributed by atoms with E-state index < -0.39 is 4.92 Å². The molecule has 0 fully saturated rings. The fourth-order valence-corrected chi connectivity index (χ4v) is 2.38. The molecule has 0 amide bonds. The summed E-state index contributed by atoms with van der Waals surface area (Å²) in [5.74, 6) is 3.95. The van der Waals surface area contributed by atoms with Crippen LogP contribution in [0.2, 0.25) is 0 Å². The predicted octanol–water partition coefficient (Wildman–Crippen LogP) is -1.54. The Morgan fingerprint density at radius 2 is 2.14 bits per heavy atom. The molecule has 1 aromatic rings. The first-order valence-corrected chi connectivity index (χ1v) is 7.73. The molecule has 0 saturated carbocycles. The van der Waals surface area contributed by atoms with Crippen LogP contribution in [0.25, 0.3) is 0 Å². The lowest BCUT2D eigenvalue weighted by Gasteiger charge is -2.07. The van der Waals surface area contributed by atoms with Gasteiger partial charge in [0.15, 0.2) is 5.82 Å². The van der Waals surface area contributed by atoms with E-state index in [0.29, 0.717) is 12.4 Å². The summed E-state index contributed by atoms with van der Waals surface area (Å²) >= 11 is 1.72. The molecule has 9 heteroatoms. The molecular weight excluding hydrogens is 328 g/mol. The predicted molar refractivity (Wildman–Crippen MR) is 84.4 cm³/mol. The number of rotatable bonds is 10. The lowest BCUT2D eigenvalue weighted by molar-refractivity contribution is -0.404. The van der Waals surface area contributed by atoms with Gasteiger partial charge >= 0.3 is 0 Å². The SMILES string of the molecule is CN/C(=C/[N+](=O)[O-])NCCSCc1ccc(CN(C)C)o1.[Cl-]. The van der Waals surface area contributed by atoms with Crippen LogP contribution in [-0.2, 0) is 12.3 Å². The lowest BCUT2D eigenvalue weighted by Crippen LogP contribution is -3.00. The van der Waals surface area contributed by atoms with Crippen molar-refractivity contribution in [1.29, 1.82) is 0 Å². The van der Waals surface area contributed by atoms with Gasteiger partial charge < -0.3 is 32.4 Å². The van der Waals surface area contributed by atoms with Gasteiger partial charge in [-0.05, 0) is 26.2 Å². The summed E-state index contributed by atoms with van der Waals surface area (Å²) in [5.41, 5.74) is 0. The second-order valence-electron chi connectivity index (χ2n) is 4.66. The Bertz CT molecular complexity index is 480. The van der Waals surface area contributed by atoms with Gasteiger partial charge in [-0.2, -0.15) is 11.8 Å². The van der Waals surface area contributed by atoms with Crippen LogP contribution in [0, 0.1) is 10.1 Å². The molecule has 1 rings (SSSR count). The molecule has 0 aliphatic heterocycles. The number of hydrogen-bond acceptors (Lipinski definition) is 7. The molecule has 0 aliphatic carbocycles. The molecule has 0 aromatic carbocycles. The molecular formula is C13H22ClN4O3S-. The number of halogens is 1. The van der Waals surface area contributed by atoms with E-state index in [1.165, 1.54) is 0 Å². The van der Waals surface area contributed by atoms with Crippen LogP contribution in [0.1, 0.15) is 11.5 Å². The zero-order chi connectivity index (χ0) is 15.7. The molecule has 0 unspecified atom stereocenters. The van der Waals surface area contributed by atoms with Gasteiger partial charge in [0, 0.05) is 19.3 Å². The third-order valence-electron chi connectivity index (χ3n) is 2.50. The van der Waals surface area contributed by atoms with E-state index in [2.05, 4.69) is 15.5 Å². The van der Waals surface area contributed by atoms with E-state index in [1.807, 2.05) is 26.2 Å². The monoisotopic (exact) mass is 349 g/mol. The van der Waals surface area contributed by atoms with E-state index in [4.69, 9.17) is 4.42 Å². The fraction of sp³-hybridized carbons (Fsp3) is 0.538. The van der Waals surface area contributed by atoms with Gasteiger partial charge in [0.2, 0.25) is 0 Å². The zero-order valence-electron chi connectivity index (χ0n) is 13.0. The molecule has 1 heterocycles. The van der Waals surface area contributed by atoms with Gasteiger partial charge in [0.1, 0.15) is 11.5 Å². The van der Waals surface area contributed by atoms with Gasteiger partial charge in [0.25, 0.3) is 6.20 Å². The highest BCUT2D eigenvalue weighted by atomic mass is 35.5. The van der Waals surface area contributed by atoms with Gasteiger partial charge in [-0.3, -0.25) is 10.1 Å². The Labute approximate surface area is 141 Å². The molecule has 1 aromatic heterocycles. The number of thioether (sulfide) groups is 1. The summed E-state index contributed by atoms with van der Waals surface area (Å²) in [6.45, 7) is 1.44. The van der Waals surface area contributed by atoms with Crippen LogP contribution < -0.4 is 23.0 Å². The second kappa shape index (κ2) is 11.2. The Morgan fingerprint density at radius 3 is 2.73 bits per heavy atom. The van der Waals surface area contributed by atoms with Crippen LogP contribution in [0.4, 0.5) is 0 Å². The number of nitrogens with zero attached hydrogens (tertiary/aromatic N) is 2. The second-order valence-corrected chi connectivity index (χ2v) is 5.77. The van der Waals surface area contributed by atoms with Crippen LogP contribution >= 0.6 is 11.8 Å². The molecule has 7 nitrogen and oxygen atoms in total. The molecule has 0 saturated heterocycles. The van der Waals surface area contributed by atoms with Crippen molar-refractivity contribution in [3.63, 3.8) is 0 Å². The first kappa shape index (κ1) is 20.6. The maximum absolute atomic E-state index is 10.3. The van der Waals surface area contributed by atoms with Gasteiger partial charge in [-0.1, -0.05) is 0 Å². The Kier molecular flexibility index (Phi) is 10.5. The third kappa shape index (κ3) is 8.81. The summed E-state index contributed by atoms with van der Waals surface area (Å²) in [6.07, 6.45) is 0.921. The van der Waals surface area contributed by atoms with Crippen molar-refractivity contribution in [2.24, 2.45) is 0 Å². The Morgan fingerprint density at radius 1 is 1.45 bits per heavy atom. The topological polar surface area (TPSA) is 83.6 Å². The number of nitrogens with one attached hydrogen (secondary N) is 2. The number of hydrogen-bond donors (Lipinski definition) is 2. The van der Waals surface area contributed by atoms with Crippen molar-refractivity contribution in [3.05, 3.63) is 45.8 Å². The van der Waals surface area contributed by atoms with Crippen LogP contribution in [0.3, 0.4) is 0 Å². The molecule has 0 spiro atoms. The average molecular weight is 350 g/mol. The fourth-order valence-electron chi connectivity index (χ4n) is 1.63. The van der Waals surface area contributed by atoms with Crippen molar-refractivity contribution in [2.45, 2.75) is 12.3 Å². The largest absolute Gasteiger partial charge is 1.00 e. The first-order valence-electron chi connectivity index (χ1n) is 6.58. The van der Waals surface area contributed by atoms with E-state index in [9.17, 15) is 10.1 Å².